The van der Waals surface area contributed by atoms with Gasteiger partial charge in [0.05, 0.1) is 23.7 Å². The SMILES string of the molecule is CCCCOc1ccc(S(=O)(=O)NC(COC(C)(C)C)C(=O)OC(C)(C)C)cc1. The number of carbonyl (C=O) groups is 1. The molecule has 0 aliphatic heterocycles. The molecule has 1 rings (SSSR count). The highest BCUT2D eigenvalue weighted by Crippen LogP contribution is 2.18. The minimum absolute atomic E-state index is 0.0321. The van der Waals surface area contributed by atoms with Crippen LogP contribution in [0.4, 0.5) is 0 Å². The fourth-order valence-electron chi connectivity index (χ4n) is 2.16. The molecule has 1 unspecified atom stereocenters. The van der Waals surface area contributed by atoms with Gasteiger partial charge in [-0.15, -0.1) is 0 Å². The Balaban J connectivity index is 2.95. The van der Waals surface area contributed by atoms with Crippen LogP contribution in [0.1, 0.15) is 61.3 Å². The molecule has 1 atom stereocenters. The van der Waals surface area contributed by atoms with Gasteiger partial charge in [0.25, 0.3) is 0 Å². The second-order valence-electron chi connectivity index (χ2n) is 8.80. The van der Waals surface area contributed by atoms with Crippen LogP contribution in [0.5, 0.6) is 5.75 Å². The van der Waals surface area contributed by atoms with Crippen LogP contribution in [0.2, 0.25) is 0 Å². The Morgan fingerprint density at radius 1 is 1.03 bits per heavy atom. The fourth-order valence-corrected chi connectivity index (χ4v) is 3.33. The molecule has 1 N–H and O–H groups in total. The predicted molar refractivity (Wildman–Crippen MR) is 113 cm³/mol. The van der Waals surface area contributed by atoms with Gasteiger partial charge in [0.15, 0.2) is 0 Å². The highest BCUT2D eigenvalue weighted by Gasteiger charge is 2.31. The number of carbonyl (C=O) groups excluding carboxylic acids is 1. The highest BCUT2D eigenvalue weighted by atomic mass is 32.2. The van der Waals surface area contributed by atoms with Gasteiger partial charge in [-0.05, 0) is 72.2 Å². The Hall–Kier alpha value is -1.64. The smallest absolute Gasteiger partial charge is 0.327 e. The van der Waals surface area contributed by atoms with Crippen molar-refractivity contribution >= 4 is 16.0 Å². The molecule has 0 spiro atoms. The molecule has 0 heterocycles. The molecule has 1 aromatic rings. The Morgan fingerprint density at radius 3 is 2.10 bits per heavy atom. The molecule has 0 amide bonds. The van der Waals surface area contributed by atoms with Crippen molar-refractivity contribution in [2.75, 3.05) is 13.2 Å². The third kappa shape index (κ3) is 10.1. The molecule has 166 valence electrons. The van der Waals surface area contributed by atoms with Crippen molar-refractivity contribution < 1.29 is 27.4 Å². The zero-order chi connectivity index (χ0) is 22.3. The molecule has 0 saturated heterocycles. The lowest BCUT2D eigenvalue weighted by Crippen LogP contribution is -2.48. The second-order valence-corrected chi connectivity index (χ2v) is 10.5. The third-order valence-corrected chi connectivity index (χ3v) is 5.06. The standard InChI is InChI=1S/C21H35NO6S/c1-8-9-14-26-16-10-12-17(13-11-16)29(24,25)22-18(15-27-20(2,3)4)19(23)28-21(5,6)7/h10-13,18,22H,8-9,14-15H2,1-7H3. The van der Waals surface area contributed by atoms with Crippen LogP contribution in [-0.4, -0.2) is 44.8 Å². The van der Waals surface area contributed by atoms with E-state index in [1.54, 1.807) is 32.9 Å². The maximum Gasteiger partial charge on any atom is 0.327 e. The van der Waals surface area contributed by atoms with E-state index in [1.165, 1.54) is 12.1 Å². The van der Waals surface area contributed by atoms with Crippen molar-refractivity contribution in [3.8, 4) is 5.75 Å². The molecule has 0 aromatic heterocycles. The summed E-state index contributed by atoms with van der Waals surface area (Å²) < 4.78 is 44.5. The average molecular weight is 430 g/mol. The molecule has 7 nitrogen and oxygen atoms in total. The molecule has 0 bridgehead atoms. The Labute approximate surface area is 175 Å². The second kappa shape index (κ2) is 10.4. The lowest BCUT2D eigenvalue weighted by molar-refractivity contribution is -0.159. The number of hydrogen-bond donors (Lipinski definition) is 1. The number of sulfonamides is 1. The number of rotatable bonds is 10. The molecule has 1 aromatic carbocycles. The highest BCUT2D eigenvalue weighted by molar-refractivity contribution is 7.89. The van der Waals surface area contributed by atoms with Crippen LogP contribution < -0.4 is 9.46 Å². The molecular weight excluding hydrogens is 394 g/mol. The monoisotopic (exact) mass is 429 g/mol. The number of benzene rings is 1. The molecule has 0 aliphatic carbocycles. The summed E-state index contributed by atoms with van der Waals surface area (Å²) in [5.41, 5.74) is -1.29. The minimum Gasteiger partial charge on any atom is -0.494 e. The normalized spacial score (nSPS) is 13.8. The van der Waals surface area contributed by atoms with Gasteiger partial charge < -0.3 is 14.2 Å². The summed E-state index contributed by atoms with van der Waals surface area (Å²) in [6.07, 6.45) is 1.94. The van der Waals surface area contributed by atoms with E-state index in [2.05, 4.69) is 11.6 Å². The maximum absolute atomic E-state index is 12.8. The quantitative estimate of drug-likeness (QED) is 0.451. The van der Waals surface area contributed by atoms with Crippen LogP contribution in [-0.2, 0) is 24.3 Å². The summed E-state index contributed by atoms with van der Waals surface area (Å²) in [4.78, 5) is 12.6. The van der Waals surface area contributed by atoms with Crippen molar-refractivity contribution in [2.24, 2.45) is 0 Å². The summed E-state index contributed by atoms with van der Waals surface area (Å²) in [5.74, 6) is -0.0954. The van der Waals surface area contributed by atoms with E-state index >= 15 is 0 Å². The summed E-state index contributed by atoms with van der Waals surface area (Å²) in [6, 6.07) is 4.91. The van der Waals surface area contributed by atoms with Gasteiger partial charge in [-0.2, -0.15) is 4.72 Å². The van der Waals surface area contributed by atoms with Crippen molar-refractivity contribution in [3.63, 3.8) is 0 Å². The van der Waals surface area contributed by atoms with Crippen LogP contribution in [0.15, 0.2) is 29.2 Å². The summed E-state index contributed by atoms with van der Waals surface area (Å²) in [7, 11) is -3.96. The summed E-state index contributed by atoms with van der Waals surface area (Å²) in [5, 5.41) is 0. The van der Waals surface area contributed by atoms with E-state index in [0.29, 0.717) is 12.4 Å². The van der Waals surface area contributed by atoms with Gasteiger partial charge in [-0.3, -0.25) is 4.79 Å². The van der Waals surface area contributed by atoms with Gasteiger partial charge in [0.2, 0.25) is 10.0 Å². The molecule has 0 saturated carbocycles. The molecular formula is C21H35NO6S. The Bertz CT molecular complexity index is 745. The van der Waals surface area contributed by atoms with Gasteiger partial charge in [0.1, 0.15) is 17.4 Å². The van der Waals surface area contributed by atoms with E-state index in [0.717, 1.165) is 12.8 Å². The van der Waals surface area contributed by atoms with E-state index in [1.807, 2.05) is 20.8 Å². The first-order valence-corrected chi connectivity index (χ1v) is 11.3. The predicted octanol–water partition coefficient (Wildman–Crippen LogP) is 3.67. The first kappa shape index (κ1) is 25.4. The lowest BCUT2D eigenvalue weighted by atomic mass is 10.2. The van der Waals surface area contributed by atoms with Crippen molar-refractivity contribution in [3.05, 3.63) is 24.3 Å². The number of nitrogens with one attached hydrogen (secondary N) is 1. The topological polar surface area (TPSA) is 90.9 Å². The van der Waals surface area contributed by atoms with E-state index < -0.39 is 33.2 Å². The van der Waals surface area contributed by atoms with Crippen molar-refractivity contribution in [2.45, 2.75) is 83.4 Å². The fraction of sp³-hybridized carbons (Fsp3) is 0.667. The van der Waals surface area contributed by atoms with E-state index in [4.69, 9.17) is 14.2 Å². The summed E-state index contributed by atoms with van der Waals surface area (Å²) in [6.45, 7) is 13.1. The van der Waals surface area contributed by atoms with Crippen molar-refractivity contribution in [1.29, 1.82) is 0 Å². The average Bonchev–Trinajstić information content (AvgIpc) is 2.57. The lowest BCUT2D eigenvalue weighted by Gasteiger charge is -2.27. The Morgan fingerprint density at radius 2 is 1.62 bits per heavy atom. The zero-order valence-electron chi connectivity index (χ0n) is 18.6. The zero-order valence-corrected chi connectivity index (χ0v) is 19.4. The maximum atomic E-state index is 12.8. The van der Waals surface area contributed by atoms with Gasteiger partial charge in [-0.1, -0.05) is 13.3 Å². The van der Waals surface area contributed by atoms with Crippen LogP contribution in [0.25, 0.3) is 0 Å². The van der Waals surface area contributed by atoms with Gasteiger partial charge in [0, 0.05) is 0 Å². The Kier molecular flexibility index (Phi) is 9.11. The first-order valence-electron chi connectivity index (χ1n) is 9.85. The van der Waals surface area contributed by atoms with Gasteiger partial charge in [-0.25, -0.2) is 8.42 Å². The number of ether oxygens (including phenoxy) is 3. The summed E-state index contributed by atoms with van der Waals surface area (Å²) >= 11 is 0. The molecule has 8 heteroatoms. The number of hydrogen-bond acceptors (Lipinski definition) is 6. The minimum atomic E-state index is -3.96. The van der Waals surface area contributed by atoms with Crippen LogP contribution >= 0.6 is 0 Å². The van der Waals surface area contributed by atoms with Gasteiger partial charge >= 0.3 is 5.97 Å². The molecule has 0 radical (unpaired) electrons. The first-order chi connectivity index (χ1) is 13.2. The molecule has 29 heavy (non-hydrogen) atoms. The molecule has 0 fully saturated rings. The third-order valence-electron chi connectivity index (χ3n) is 3.57. The number of unbranched alkanes of at least 4 members (excludes halogenated alkanes) is 1. The van der Waals surface area contributed by atoms with Crippen LogP contribution in [0.3, 0.4) is 0 Å². The van der Waals surface area contributed by atoms with Crippen molar-refractivity contribution in [1.82, 2.24) is 4.72 Å². The van der Waals surface area contributed by atoms with E-state index in [9.17, 15) is 13.2 Å². The largest absolute Gasteiger partial charge is 0.494 e. The number of esters is 1. The van der Waals surface area contributed by atoms with Crippen LogP contribution in [0, 0.1) is 0 Å². The molecule has 0 aliphatic rings. The van der Waals surface area contributed by atoms with E-state index in [-0.39, 0.29) is 11.5 Å².